The van der Waals surface area contributed by atoms with Crippen LogP contribution in [0.3, 0.4) is 0 Å². The fraction of sp³-hybridized carbons (Fsp3) is 0.667. The zero-order valence-electron chi connectivity index (χ0n) is 16.7. The highest BCUT2D eigenvalue weighted by atomic mass is 16.5. The van der Waals surface area contributed by atoms with E-state index in [4.69, 9.17) is 4.74 Å². The molecular weight excluding hydrogens is 350 g/mol. The van der Waals surface area contributed by atoms with Gasteiger partial charge in [0.1, 0.15) is 19.6 Å². The molecule has 1 saturated heterocycles. The number of carbonyl (C=O) groups is 1. The van der Waals surface area contributed by atoms with Gasteiger partial charge < -0.3 is 14.2 Å². The van der Waals surface area contributed by atoms with Crippen molar-refractivity contribution in [1.82, 2.24) is 18.7 Å². The second kappa shape index (κ2) is 7.05. The minimum absolute atomic E-state index is 0.0101. The summed E-state index contributed by atoms with van der Waals surface area (Å²) in [4.78, 5) is 43.7. The highest BCUT2D eigenvalue weighted by Crippen LogP contribution is 2.18. The van der Waals surface area contributed by atoms with E-state index in [1.807, 2.05) is 20.8 Å². The molecule has 9 nitrogen and oxygen atoms in total. The third-order valence-electron chi connectivity index (χ3n) is 5.17. The Hall–Kier alpha value is -2.26. The van der Waals surface area contributed by atoms with Crippen LogP contribution in [0.5, 0.6) is 0 Å². The van der Waals surface area contributed by atoms with Gasteiger partial charge in [-0.3, -0.25) is 18.7 Å². The van der Waals surface area contributed by atoms with E-state index < -0.39 is 16.7 Å². The van der Waals surface area contributed by atoms with E-state index in [2.05, 4.69) is 4.98 Å². The molecule has 0 aliphatic carbocycles. The first-order valence-corrected chi connectivity index (χ1v) is 9.21. The number of aryl methyl sites for hydroxylation is 1. The van der Waals surface area contributed by atoms with Crippen LogP contribution in [0.4, 0.5) is 0 Å². The molecule has 0 radical (unpaired) electrons. The number of Topliss-reactive ketones (excluding diaryl/α,β-unsaturated/α-hetero) is 1. The predicted molar refractivity (Wildman–Crippen MR) is 99.9 cm³/mol. The molecule has 1 aliphatic heterocycles. The van der Waals surface area contributed by atoms with Crippen LogP contribution in [-0.4, -0.2) is 50.8 Å². The molecule has 0 amide bonds. The lowest BCUT2D eigenvalue weighted by molar-refractivity contribution is -0.922. The molecule has 2 aromatic heterocycles. The Balaban J connectivity index is 2.17. The Kier molecular flexibility index (Phi) is 5.09. The van der Waals surface area contributed by atoms with E-state index >= 15 is 0 Å². The lowest BCUT2D eigenvalue weighted by Crippen LogP contribution is -3.12. The Morgan fingerprint density at radius 2 is 1.78 bits per heavy atom. The maximum atomic E-state index is 12.8. The number of ketones is 1. The topological polar surface area (TPSA) is 92.6 Å². The minimum Gasteiger partial charge on any atom is -0.370 e. The van der Waals surface area contributed by atoms with Crippen LogP contribution in [0.1, 0.15) is 26.6 Å². The molecule has 0 atom stereocenters. The number of morpholine rings is 1. The van der Waals surface area contributed by atoms with E-state index in [0.29, 0.717) is 36.7 Å². The summed E-state index contributed by atoms with van der Waals surface area (Å²) in [5.41, 5.74) is -0.756. The normalized spacial score (nSPS) is 16.2. The van der Waals surface area contributed by atoms with Crippen molar-refractivity contribution in [3.63, 3.8) is 0 Å². The van der Waals surface area contributed by atoms with Crippen molar-refractivity contribution in [3.05, 3.63) is 26.7 Å². The number of quaternary nitrogens is 1. The summed E-state index contributed by atoms with van der Waals surface area (Å²) in [6, 6.07) is 0. The molecule has 3 heterocycles. The second-order valence-corrected chi connectivity index (χ2v) is 8.20. The summed E-state index contributed by atoms with van der Waals surface area (Å²) in [6.45, 7) is 9.24. The van der Waals surface area contributed by atoms with Crippen LogP contribution in [0.15, 0.2) is 9.59 Å². The molecule has 1 fully saturated rings. The minimum atomic E-state index is -0.536. The van der Waals surface area contributed by atoms with Crippen LogP contribution < -0.4 is 16.1 Å². The lowest BCUT2D eigenvalue weighted by atomic mass is 9.91. The van der Waals surface area contributed by atoms with Gasteiger partial charge in [-0.2, -0.15) is 0 Å². The standard InChI is InChI=1S/C18H27N5O4/c1-18(2,3)12(24)10-23-13(11-22-6-8-27-9-7-22)19-15-14(23)16(25)21(5)17(26)20(15)4/h6-11H2,1-5H3/p+1. The smallest absolute Gasteiger partial charge is 0.332 e. The highest BCUT2D eigenvalue weighted by molar-refractivity contribution is 5.85. The molecular formula is C18H28N5O4+. The Morgan fingerprint density at radius 1 is 1.15 bits per heavy atom. The summed E-state index contributed by atoms with van der Waals surface area (Å²) in [6.07, 6.45) is 0. The Morgan fingerprint density at radius 3 is 2.37 bits per heavy atom. The van der Waals surface area contributed by atoms with Crippen molar-refractivity contribution < 1.29 is 14.4 Å². The number of nitrogens with one attached hydrogen (secondary N) is 1. The average molecular weight is 378 g/mol. The first-order chi connectivity index (χ1) is 12.6. The molecule has 1 N–H and O–H groups in total. The van der Waals surface area contributed by atoms with Gasteiger partial charge in [0.2, 0.25) is 0 Å². The van der Waals surface area contributed by atoms with Crippen molar-refractivity contribution in [2.75, 3.05) is 26.3 Å². The maximum Gasteiger partial charge on any atom is 0.332 e. The van der Waals surface area contributed by atoms with E-state index in [1.54, 1.807) is 11.6 Å². The number of nitrogens with zero attached hydrogens (tertiary/aromatic N) is 4. The fourth-order valence-electron chi connectivity index (χ4n) is 3.24. The quantitative estimate of drug-likeness (QED) is 0.697. The number of carbonyl (C=O) groups excluding carboxylic acids is 1. The van der Waals surface area contributed by atoms with Crippen molar-refractivity contribution in [2.24, 2.45) is 19.5 Å². The zero-order chi connectivity index (χ0) is 19.9. The summed E-state index contributed by atoms with van der Waals surface area (Å²) in [5, 5.41) is 0. The molecule has 148 valence electrons. The maximum absolute atomic E-state index is 12.8. The van der Waals surface area contributed by atoms with E-state index in [-0.39, 0.29) is 12.3 Å². The molecule has 2 aromatic rings. The molecule has 0 saturated carbocycles. The van der Waals surface area contributed by atoms with Crippen LogP contribution in [-0.2, 0) is 36.7 Å². The first kappa shape index (κ1) is 19.5. The highest BCUT2D eigenvalue weighted by Gasteiger charge is 2.28. The van der Waals surface area contributed by atoms with Crippen LogP contribution in [0, 0.1) is 5.41 Å². The van der Waals surface area contributed by atoms with Gasteiger partial charge >= 0.3 is 5.69 Å². The van der Waals surface area contributed by atoms with Gasteiger partial charge in [0.15, 0.2) is 22.8 Å². The molecule has 0 unspecified atom stereocenters. The van der Waals surface area contributed by atoms with Crippen molar-refractivity contribution in [2.45, 2.75) is 33.9 Å². The molecule has 1 aliphatic rings. The number of imidazole rings is 1. The zero-order valence-corrected chi connectivity index (χ0v) is 16.7. The summed E-state index contributed by atoms with van der Waals surface area (Å²) >= 11 is 0. The van der Waals surface area contributed by atoms with Crippen LogP contribution in [0.25, 0.3) is 11.2 Å². The van der Waals surface area contributed by atoms with Gasteiger partial charge in [-0.25, -0.2) is 9.78 Å². The monoisotopic (exact) mass is 378 g/mol. The Bertz CT molecular complexity index is 986. The largest absolute Gasteiger partial charge is 0.370 e. The van der Waals surface area contributed by atoms with Crippen molar-refractivity contribution in [1.29, 1.82) is 0 Å². The molecule has 0 bridgehead atoms. The Labute approximate surface area is 157 Å². The second-order valence-electron chi connectivity index (χ2n) is 8.20. The summed E-state index contributed by atoms with van der Waals surface area (Å²) in [7, 11) is 3.04. The van der Waals surface area contributed by atoms with Gasteiger partial charge in [0.25, 0.3) is 5.56 Å². The van der Waals surface area contributed by atoms with Gasteiger partial charge in [-0.15, -0.1) is 0 Å². The molecule has 9 heteroatoms. The van der Waals surface area contributed by atoms with Gasteiger partial charge in [-0.1, -0.05) is 20.8 Å². The number of hydrogen-bond donors (Lipinski definition) is 1. The number of fused-ring (bicyclic) bond motifs is 1. The molecule has 0 aromatic carbocycles. The first-order valence-electron chi connectivity index (χ1n) is 9.21. The van der Waals surface area contributed by atoms with Crippen LogP contribution in [0.2, 0.25) is 0 Å². The van der Waals surface area contributed by atoms with Gasteiger partial charge in [-0.05, 0) is 0 Å². The SMILES string of the molecule is Cn1c(=O)c2c(nc(C[NH+]3CCOCC3)n2CC(=O)C(C)(C)C)n(C)c1=O. The van der Waals surface area contributed by atoms with Crippen molar-refractivity contribution in [3.8, 4) is 0 Å². The van der Waals surface area contributed by atoms with E-state index in [9.17, 15) is 14.4 Å². The third kappa shape index (κ3) is 3.61. The van der Waals surface area contributed by atoms with Gasteiger partial charge in [0.05, 0.1) is 19.8 Å². The molecule has 27 heavy (non-hydrogen) atoms. The van der Waals surface area contributed by atoms with Crippen LogP contribution >= 0.6 is 0 Å². The average Bonchev–Trinajstić information content (AvgIpc) is 2.96. The lowest BCUT2D eigenvalue weighted by Gasteiger charge is -2.24. The third-order valence-corrected chi connectivity index (χ3v) is 5.17. The molecule has 0 spiro atoms. The number of rotatable bonds is 4. The van der Waals surface area contributed by atoms with E-state index in [1.165, 1.54) is 16.5 Å². The summed E-state index contributed by atoms with van der Waals surface area (Å²) in [5.74, 6) is 0.661. The van der Waals surface area contributed by atoms with E-state index in [0.717, 1.165) is 17.7 Å². The predicted octanol–water partition coefficient (Wildman–Crippen LogP) is -1.54. The van der Waals surface area contributed by atoms with Crippen molar-refractivity contribution >= 4 is 16.9 Å². The summed E-state index contributed by atoms with van der Waals surface area (Å²) < 4.78 is 9.54. The number of aromatic nitrogens is 4. The fourth-order valence-corrected chi connectivity index (χ4v) is 3.24. The number of hydrogen-bond acceptors (Lipinski definition) is 5. The number of ether oxygens (including phenoxy) is 1. The van der Waals surface area contributed by atoms with Gasteiger partial charge in [0, 0.05) is 19.5 Å². The molecule has 3 rings (SSSR count).